The number of ether oxygens (including phenoxy) is 3. The third-order valence-electron chi connectivity index (χ3n) is 13.8. The first-order valence-electron chi connectivity index (χ1n) is 32.2. The van der Waals surface area contributed by atoms with E-state index in [2.05, 4.69) is 118 Å². The number of unbranched alkanes of at least 4 members (excludes halogenated alkanes) is 31. The maximum atomic E-state index is 12.9. The van der Waals surface area contributed by atoms with Gasteiger partial charge >= 0.3 is 17.9 Å². The highest BCUT2D eigenvalue weighted by Gasteiger charge is 2.19. The van der Waals surface area contributed by atoms with Gasteiger partial charge in [-0.25, -0.2) is 0 Å². The maximum Gasteiger partial charge on any atom is 0.306 e. The van der Waals surface area contributed by atoms with E-state index >= 15 is 0 Å². The average molecular weight is 1060 g/mol. The van der Waals surface area contributed by atoms with Gasteiger partial charge in [0.25, 0.3) is 0 Å². The Morgan fingerprint density at radius 1 is 0.276 bits per heavy atom. The van der Waals surface area contributed by atoms with E-state index in [1.165, 1.54) is 154 Å². The Labute approximate surface area is 470 Å². The van der Waals surface area contributed by atoms with Crippen molar-refractivity contribution in [2.45, 2.75) is 316 Å². The van der Waals surface area contributed by atoms with Crippen LogP contribution in [0.25, 0.3) is 0 Å². The molecule has 0 fully saturated rings. The number of hydrogen-bond donors (Lipinski definition) is 0. The standard InChI is InChI=1S/C70H120O6/c1-4-7-10-13-16-19-22-25-28-30-32-33-34-35-36-37-38-40-42-45-48-51-54-57-60-63-69(72)75-66-67(65-74-68(71)62-59-56-53-50-47-44-41-27-24-21-18-15-12-9-6-3)76-70(73)64-61-58-55-52-49-46-43-39-31-29-26-23-20-17-14-11-8-5-2/h7,10,16,19-20,23,25,27-29,31-33,35-36,41,67H,4-6,8-9,11-15,17-18,21-22,24,26,30,34,37-40,42-66H2,1-3H3/b10-7-,19-16-,23-20-,28-25-,31-29-,33-32-,36-35-,41-27-. The fourth-order valence-corrected chi connectivity index (χ4v) is 8.97. The van der Waals surface area contributed by atoms with Gasteiger partial charge in [0, 0.05) is 19.3 Å². The molecule has 0 aliphatic heterocycles. The Hall–Kier alpha value is -3.67. The number of hydrogen-bond acceptors (Lipinski definition) is 6. The molecule has 6 nitrogen and oxygen atoms in total. The Morgan fingerprint density at radius 3 is 0.829 bits per heavy atom. The highest BCUT2D eigenvalue weighted by Crippen LogP contribution is 2.16. The number of esters is 3. The van der Waals surface area contributed by atoms with Gasteiger partial charge in [0.1, 0.15) is 13.2 Å². The molecule has 0 bridgehead atoms. The first-order chi connectivity index (χ1) is 37.5. The Morgan fingerprint density at radius 2 is 0.513 bits per heavy atom. The lowest BCUT2D eigenvalue weighted by atomic mass is 10.1. The van der Waals surface area contributed by atoms with E-state index < -0.39 is 6.10 Å². The molecule has 0 spiro atoms. The van der Waals surface area contributed by atoms with Gasteiger partial charge in [-0.2, -0.15) is 0 Å². The third kappa shape index (κ3) is 61.2. The lowest BCUT2D eigenvalue weighted by molar-refractivity contribution is -0.167. The van der Waals surface area contributed by atoms with Gasteiger partial charge in [0.15, 0.2) is 6.10 Å². The molecule has 0 saturated heterocycles. The number of carbonyl (C=O) groups is 3. The predicted octanol–water partition coefficient (Wildman–Crippen LogP) is 22.0. The normalized spacial score (nSPS) is 12.7. The summed E-state index contributed by atoms with van der Waals surface area (Å²) in [7, 11) is 0. The van der Waals surface area contributed by atoms with Gasteiger partial charge in [-0.3, -0.25) is 14.4 Å². The predicted molar refractivity (Wildman–Crippen MR) is 330 cm³/mol. The van der Waals surface area contributed by atoms with Crippen LogP contribution in [0.5, 0.6) is 0 Å². The second-order valence-electron chi connectivity index (χ2n) is 21.3. The molecule has 0 aliphatic rings. The van der Waals surface area contributed by atoms with Crippen molar-refractivity contribution in [2.24, 2.45) is 0 Å². The second-order valence-corrected chi connectivity index (χ2v) is 21.3. The van der Waals surface area contributed by atoms with Crippen LogP contribution in [0.3, 0.4) is 0 Å². The molecular formula is C70H120O6. The van der Waals surface area contributed by atoms with Crippen molar-refractivity contribution in [3.05, 3.63) is 97.2 Å². The molecule has 1 unspecified atom stereocenters. The second kappa shape index (κ2) is 63.9. The highest BCUT2D eigenvalue weighted by molar-refractivity contribution is 5.71. The van der Waals surface area contributed by atoms with Gasteiger partial charge in [0.2, 0.25) is 0 Å². The van der Waals surface area contributed by atoms with Crippen LogP contribution < -0.4 is 0 Å². The smallest absolute Gasteiger partial charge is 0.306 e. The van der Waals surface area contributed by atoms with Crippen molar-refractivity contribution in [3.8, 4) is 0 Å². The molecule has 436 valence electrons. The summed E-state index contributed by atoms with van der Waals surface area (Å²) < 4.78 is 16.9. The minimum Gasteiger partial charge on any atom is -0.462 e. The summed E-state index contributed by atoms with van der Waals surface area (Å²) in [4.78, 5) is 38.3. The zero-order valence-electron chi connectivity index (χ0n) is 50.0. The fourth-order valence-electron chi connectivity index (χ4n) is 8.97. The fraction of sp³-hybridized carbons (Fsp3) is 0.729. The average Bonchev–Trinajstić information content (AvgIpc) is 3.42. The quantitative estimate of drug-likeness (QED) is 0.0261. The van der Waals surface area contributed by atoms with E-state index in [9.17, 15) is 14.4 Å². The zero-order valence-corrected chi connectivity index (χ0v) is 50.0. The van der Waals surface area contributed by atoms with E-state index in [4.69, 9.17) is 14.2 Å². The Kier molecular flexibility index (Phi) is 60.8. The Balaban J connectivity index is 4.37. The first kappa shape index (κ1) is 72.3. The number of carbonyl (C=O) groups excluding carboxylic acids is 3. The van der Waals surface area contributed by atoms with E-state index in [0.29, 0.717) is 19.3 Å². The minimum absolute atomic E-state index is 0.0860. The Bertz CT molecular complexity index is 1490. The van der Waals surface area contributed by atoms with Crippen LogP contribution in [-0.2, 0) is 28.6 Å². The van der Waals surface area contributed by atoms with E-state index in [0.717, 1.165) is 116 Å². The van der Waals surface area contributed by atoms with Gasteiger partial charge in [0.05, 0.1) is 0 Å². The molecule has 0 amide bonds. The molecule has 76 heavy (non-hydrogen) atoms. The molecular weight excluding hydrogens is 937 g/mol. The van der Waals surface area contributed by atoms with Gasteiger partial charge < -0.3 is 14.2 Å². The van der Waals surface area contributed by atoms with Gasteiger partial charge in [-0.15, -0.1) is 0 Å². The summed E-state index contributed by atoms with van der Waals surface area (Å²) in [6.45, 7) is 6.51. The lowest BCUT2D eigenvalue weighted by Crippen LogP contribution is -2.30. The van der Waals surface area contributed by atoms with Gasteiger partial charge in [-0.1, -0.05) is 266 Å². The zero-order chi connectivity index (χ0) is 55.0. The molecule has 0 saturated carbocycles. The molecule has 0 aliphatic carbocycles. The van der Waals surface area contributed by atoms with E-state index in [1.807, 2.05) is 0 Å². The van der Waals surface area contributed by atoms with Crippen LogP contribution >= 0.6 is 0 Å². The van der Waals surface area contributed by atoms with Crippen molar-refractivity contribution in [1.82, 2.24) is 0 Å². The van der Waals surface area contributed by atoms with Crippen LogP contribution in [0.2, 0.25) is 0 Å². The summed E-state index contributed by atoms with van der Waals surface area (Å²) in [5, 5.41) is 0. The minimum atomic E-state index is -0.790. The molecule has 0 heterocycles. The van der Waals surface area contributed by atoms with E-state index in [-0.39, 0.29) is 31.1 Å². The van der Waals surface area contributed by atoms with Crippen LogP contribution in [-0.4, -0.2) is 37.2 Å². The van der Waals surface area contributed by atoms with Crippen molar-refractivity contribution in [1.29, 1.82) is 0 Å². The van der Waals surface area contributed by atoms with Crippen LogP contribution in [0.1, 0.15) is 310 Å². The number of rotatable bonds is 58. The maximum absolute atomic E-state index is 12.9. The molecule has 6 heteroatoms. The molecule has 0 radical (unpaired) electrons. The molecule has 0 aromatic heterocycles. The molecule has 0 N–H and O–H groups in total. The largest absolute Gasteiger partial charge is 0.462 e. The van der Waals surface area contributed by atoms with E-state index in [1.54, 1.807) is 0 Å². The lowest BCUT2D eigenvalue weighted by Gasteiger charge is -2.18. The molecule has 1 atom stereocenters. The number of allylic oxidation sites excluding steroid dienone is 16. The molecule has 0 aromatic carbocycles. The monoisotopic (exact) mass is 1060 g/mol. The van der Waals surface area contributed by atoms with Crippen LogP contribution in [0.15, 0.2) is 97.2 Å². The van der Waals surface area contributed by atoms with Gasteiger partial charge in [-0.05, 0) is 122 Å². The first-order valence-corrected chi connectivity index (χ1v) is 32.2. The summed E-state index contributed by atoms with van der Waals surface area (Å²) >= 11 is 0. The molecule has 0 rings (SSSR count). The van der Waals surface area contributed by atoms with Crippen molar-refractivity contribution in [3.63, 3.8) is 0 Å². The van der Waals surface area contributed by atoms with Crippen molar-refractivity contribution >= 4 is 17.9 Å². The summed E-state index contributed by atoms with van der Waals surface area (Å²) in [5.41, 5.74) is 0. The third-order valence-corrected chi connectivity index (χ3v) is 13.8. The summed E-state index contributed by atoms with van der Waals surface area (Å²) in [6.07, 6.45) is 85.5. The SMILES string of the molecule is CC/C=C\C/C=C\C/C=C\C/C=C\C/C=C\CCCCCCCCCCCC(=O)OCC(COC(=O)CCCCCCC/C=C\CCCCCCCC)OC(=O)CCCCCCCCC/C=C\C/C=C\CCCCCC. The summed E-state index contributed by atoms with van der Waals surface area (Å²) in [5.74, 6) is -0.898. The van der Waals surface area contributed by atoms with Crippen molar-refractivity contribution < 1.29 is 28.6 Å². The summed E-state index contributed by atoms with van der Waals surface area (Å²) in [6, 6.07) is 0. The van der Waals surface area contributed by atoms with Crippen molar-refractivity contribution in [2.75, 3.05) is 13.2 Å². The highest BCUT2D eigenvalue weighted by atomic mass is 16.6. The molecule has 0 aromatic rings. The topological polar surface area (TPSA) is 78.9 Å². The van der Waals surface area contributed by atoms with Crippen LogP contribution in [0, 0.1) is 0 Å². The van der Waals surface area contributed by atoms with Crippen LogP contribution in [0.4, 0.5) is 0 Å².